The van der Waals surface area contributed by atoms with Crippen molar-refractivity contribution in [2.45, 2.75) is 33.0 Å². The third kappa shape index (κ3) is 5.60. The van der Waals surface area contributed by atoms with Crippen LogP contribution < -0.4 is 0 Å². The molecular formula is C9H18O4. The van der Waals surface area contributed by atoms with Gasteiger partial charge in [-0.3, -0.25) is 0 Å². The van der Waals surface area contributed by atoms with Crippen LogP contribution >= 0.6 is 0 Å². The molecule has 0 aliphatic rings. The number of rotatable bonds is 6. The third-order valence-corrected chi connectivity index (χ3v) is 1.53. The SMILES string of the molecule is CCOCC(C)O[C@H](C)C(=O)OC. The molecule has 0 fully saturated rings. The average Bonchev–Trinajstić information content (AvgIpc) is 2.13. The molecule has 0 radical (unpaired) electrons. The molecule has 0 aromatic heterocycles. The molecule has 78 valence electrons. The fourth-order valence-electron chi connectivity index (χ4n) is 0.893. The number of hydrogen-bond acceptors (Lipinski definition) is 4. The van der Waals surface area contributed by atoms with E-state index >= 15 is 0 Å². The Balaban J connectivity index is 3.64. The van der Waals surface area contributed by atoms with E-state index in [0.29, 0.717) is 13.2 Å². The van der Waals surface area contributed by atoms with Crippen LogP contribution in [0.5, 0.6) is 0 Å². The third-order valence-electron chi connectivity index (χ3n) is 1.53. The second kappa shape index (κ2) is 6.86. The molecule has 0 N–H and O–H groups in total. The lowest BCUT2D eigenvalue weighted by Crippen LogP contribution is -2.28. The molecule has 4 heteroatoms. The number of hydrogen-bond donors (Lipinski definition) is 0. The summed E-state index contributed by atoms with van der Waals surface area (Å²) >= 11 is 0. The van der Waals surface area contributed by atoms with Crippen LogP contribution in [0.4, 0.5) is 0 Å². The smallest absolute Gasteiger partial charge is 0.334 e. The van der Waals surface area contributed by atoms with Crippen molar-refractivity contribution in [3.05, 3.63) is 0 Å². The van der Waals surface area contributed by atoms with Gasteiger partial charge in [0.05, 0.1) is 19.8 Å². The summed E-state index contributed by atoms with van der Waals surface area (Å²) in [6.45, 7) is 6.58. The van der Waals surface area contributed by atoms with Crippen molar-refractivity contribution in [3.63, 3.8) is 0 Å². The van der Waals surface area contributed by atoms with E-state index in [1.807, 2.05) is 13.8 Å². The van der Waals surface area contributed by atoms with Crippen LogP contribution in [0, 0.1) is 0 Å². The lowest BCUT2D eigenvalue weighted by atomic mass is 10.3. The van der Waals surface area contributed by atoms with Gasteiger partial charge in [-0.25, -0.2) is 4.79 Å². The van der Waals surface area contributed by atoms with E-state index in [0.717, 1.165) is 0 Å². The van der Waals surface area contributed by atoms with E-state index in [-0.39, 0.29) is 12.1 Å². The Morgan fingerprint density at radius 3 is 2.46 bits per heavy atom. The zero-order valence-electron chi connectivity index (χ0n) is 8.70. The molecule has 0 spiro atoms. The maximum atomic E-state index is 10.9. The molecule has 0 rings (SSSR count). The van der Waals surface area contributed by atoms with Crippen molar-refractivity contribution >= 4 is 5.97 Å². The van der Waals surface area contributed by atoms with Gasteiger partial charge >= 0.3 is 5.97 Å². The van der Waals surface area contributed by atoms with Gasteiger partial charge in [0.25, 0.3) is 0 Å². The van der Waals surface area contributed by atoms with Gasteiger partial charge in [-0.1, -0.05) is 0 Å². The monoisotopic (exact) mass is 190 g/mol. The Kier molecular flexibility index (Phi) is 6.54. The maximum absolute atomic E-state index is 10.9. The lowest BCUT2D eigenvalue weighted by Gasteiger charge is -2.16. The Hall–Kier alpha value is -0.610. The zero-order valence-corrected chi connectivity index (χ0v) is 8.70. The van der Waals surface area contributed by atoms with Gasteiger partial charge in [-0.05, 0) is 20.8 Å². The average molecular weight is 190 g/mol. The number of methoxy groups -OCH3 is 1. The molecule has 4 nitrogen and oxygen atoms in total. The molecule has 0 saturated heterocycles. The predicted molar refractivity (Wildman–Crippen MR) is 48.5 cm³/mol. The van der Waals surface area contributed by atoms with Crippen LogP contribution in [0.1, 0.15) is 20.8 Å². The first-order valence-electron chi connectivity index (χ1n) is 4.42. The van der Waals surface area contributed by atoms with E-state index in [1.54, 1.807) is 6.92 Å². The standard InChI is InChI=1S/C9H18O4/c1-5-12-6-7(2)13-8(3)9(10)11-4/h7-8H,5-6H2,1-4H3/t7?,8-/m1/s1. The first kappa shape index (κ1) is 12.4. The second-order valence-electron chi connectivity index (χ2n) is 2.77. The Bertz CT molecular complexity index is 147. The summed E-state index contributed by atoms with van der Waals surface area (Å²) in [5.41, 5.74) is 0. The van der Waals surface area contributed by atoms with Gasteiger partial charge in [-0.2, -0.15) is 0 Å². The molecule has 0 aliphatic heterocycles. The van der Waals surface area contributed by atoms with Gasteiger partial charge in [0.2, 0.25) is 0 Å². The van der Waals surface area contributed by atoms with Gasteiger partial charge < -0.3 is 14.2 Å². The van der Waals surface area contributed by atoms with Gasteiger partial charge in [-0.15, -0.1) is 0 Å². The Morgan fingerprint density at radius 2 is 2.00 bits per heavy atom. The number of esters is 1. The molecule has 1 unspecified atom stereocenters. The summed E-state index contributed by atoms with van der Waals surface area (Å²) in [5.74, 6) is -0.358. The fourth-order valence-corrected chi connectivity index (χ4v) is 0.893. The van der Waals surface area contributed by atoms with E-state index in [9.17, 15) is 4.79 Å². The maximum Gasteiger partial charge on any atom is 0.334 e. The van der Waals surface area contributed by atoms with Crippen LogP contribution in [0.15, 0.2) is 0 Å². The first-order chi connectivity index (χ1) is 6.11. The first-order valence-corrected chi connectivity index (χ1v) is 4.42. The van der Waals surface area contributed by atoms with E-state index in [2.05, 4.69) is 4.74 Å². The molecule has 13 heavy (non-hydrogen) atoms. The summed E-state index contributed by atoms with van der Waals surface area (Å²) in [7, 11) is 1.34. The summed E-state index contributed by atoms with van der Waals surface area (Å²) in [5, 5.41) is 0. The van der Waals surface area contributed by atoms with Crippen LogP contribution in [0.3, 0.4) is 0 Å². The van der Waals surface area contributed by atoms with Crippen molar-refractivity contribution in [1.29, 1.82) is 0 Å². The Labute approximate surface area is 79.2 Å². The highest BCUT2D eigenvalue weighted by Gasteiger charge is 2.16. The summed E-state index contributed by atoms with van der Waals surface area (Å²) in [4.78, 5) is 10.9. The van der Waals surface area contributed by atoms with Gasteiger partial charge in [0.15, 0.2) is 6.10 Å². The van der Waals surface area contributed by atoms with Gasteiger partial charge in [0, 0.05) is 6.61 Å². The molecule has 2 atom stereocenters. The van der Waals surface area contributed by atoms with E-state index < -0.39 is 6.10 Å². The van der Waals surface area contributed by atoms with Crippen molar-refractivity contribution in [3.8, 4) is 0 Å². The fraction of sp³-hybridized carbons (Fsp3) is 0.889. The minimum Gasteiger partial charge on any atom is -0.467 e. The lowest BCUT2D eigenvalue weighted by molar-refractivity contribution is -0.157. The topological polar surface area (TPSA) is 44.8 Å². The Morgan fingerprint density at radius 1 is 1.38 bits per heavy atom. The van der Waals surface area contributed by atoms with Crippen LogP contribution in [-0.2, 0) is 19.0 Å². The molecule has 0 saturated carbocycles. The molecule has 0 aromatic rings. The largest absolute Gasteiger partial charge is 0.467 e. The van der Waals surface area contributed by atoms with Crippen LogP contribution in [0.25, 0.3) is 0 Å². The second-order valence-corrected chi connectivity index (χ2v) is 2.77. The normalized spacial score (nSPS) is 15.1. The van der Waals surface area contributed by atoms with Crippen molar-refractivity contribution in [2.24, 2.45) is 0 Å². The van der Waals surface area contributed by atoms with Crippen LogP contribution in [0.2, 0.25) is 0 Å². The molecule has 0 aromatic carbocycles. The molecule has 0 bridgehead atoms. The van der Waals surface area contributed by atoms with E-state index in [4.69, 9.17) is 9.47 Å². The van der Waals surface area contributed by atoms with Crippen molar-refractivity contribution in [2.75, 3.05) is 20.3 Å². The quantitative estimate of drug-likeness (QED) is 0.586. The van der Waals surface area contributed by atoms with E-state index in [1.165, 1.54) is 7.11 Å². The zero-order chi connectivity index (χ0) is 10.3. The minimum absolute atomic E-state index is 0.0888. The highest BCUT2D eigenvalue weighted by molar-refractivity contribution is 5.73. The highest BCUT2D eigenvalue weighted by Crippen LogP contribution is 2.00. The summed E-state index contributed by atoms with van der Waals surface area (Å²) in [6.07, 6.45) is -0.616. The highest BCUT2D eigenvalue weighted by atomic mass is 16.6. The molecular weight excluding hydrogens is 172 g/mol. The number of carbonyl (C=O) groups is 1. The summed E-state index contributed by atoms with van der Waals surface area (Å²) in [6, 6.07) is 0. The minimum atomic E-state index is -0.527. The van der Waals surface area contributed by atoms with Gasteiger partial charge in [0.1, 0.15) is 0 Å². The number of ether oxygens (including phenoxy) is 3. The van der Waals surface area contributed by atoms with Crippen LogP contribution in [-0.4, -0.2) is 38.5 Å². The van der Waals surface area contributed by atoms with Crippen molar-refractivity contribution < 1.29 is 19.0 Å². The van der Waals surface area contributed by atoms with Crippen molar-refractivity contribution in [1.82, 2.24) is 0 Å². The number of carbonyl (C=O) groups excluding carboxylic acids is 1. The molecule has 0 amide bonds. The molecule has 0 aliphatic carbocycles. The molecule has 0 heterocycles. The summed E-state index contributed by atoms with van der Waals surface area (Å²) < 4.78 is 15.0. The predicted octanol–water partition coefficient (Wildman–Crippen LogP) is 0.990.